The van der Waals surface area contributed by atoms with Gasteiger partial charge in [0.25, 0.3) is 0 Å². The van der Waals surface area contributed by atoms with Crippen LogP contribution in [0.4, 0.5) is 4.79 Å². The van der Waals surface area contributed by atoms with E-state index in [0.29, 0.717) is 10.6 Å². The van der Waals surface area contributed by atoms with E-state index < -0.39 is 17.7 Å². The van der Waals surface area contributed by atoms with Crippen LogP contribution in [0.2, 0.25) is 0 Å². The van der Waals surface area contributed by atoms with E-state index in [2.05, 4.69) is 5.32 Å². The lowest BCUT2D eigenvalue weighted by Crippen LogP contribution is -2.40. The fraction of sp³-hybridized carbons (Fsp3) is 0.625. The van der Waals surface area contributed by atoms with Crippen molar-refractivity contribution in [3.63, 3.8) is 0 Å². The van der Waals surface area contributed by atoms with E-state index in [4.69, 9.17) is 14.2 Å². The number of methoxy groups -OCH3 is 1. The van der Waals surface area contributed by atoms with Crippen LogP contribution in [-0.4, -0.2) is 37.4 Å². The molecule has 1 unspecified atom stereocenters. The van der Waals surface area contributed by atoms with Crippen LogP contribution in [0.25, 0.3) is 0 Å². The normalized spacial score (nSPS) is 12.5. The number of esters is 1. The number of carbonyl (C=O) groups excluding carboxylic acids is 2. The van der Waals surface area contributed by atoms with Gasteiger partial charge >= 0.3 is 12.1 Å². The molecule has 1 N–H and O–H groups in total. The summed E-state index contributed by atoms with van der Waals surface area (Å²) in [5.41, 5.74) is 0.351. The lowest BCUT2D eigenvalue weighted by Gasteiger charge is -2.22. The monoisotopic (exact) mass is 343 g/mol. The molecule has 0 aromatic carbocycles. The fourth-order valence-corrected chi connectivity index (χ4v) is 2.79. The van der Waals surface area contributed by atoms with E-state index in [1.807, 2.05) is 13.8 Å². The van der Waals surface area contributed by atoms with Crippen molar-refractivity contribution in [3.8, 4) is 5.75 Å². The van der Waals surface area contributed by atoms with Crippen LogP contribution in [0, 0.1) is 13.8 Å². The highest BCUT2D eigenvalue weighted by molar-refractivity contribution is 7.14. The molecular formula is C16H25NO5S. The molecule has 1 amide bonds. The number of thiophene rings is 1. The molecule has 0 aliphatic heterocycles. The second-order valence-corrected chi connectivity index (χ2v) is 7.52. The van der Waals surface area contributed by atoms with Crippen molar-refractivity contribution in [1.29, 1.82) is 0 Å². The largest absolute Gasteiger partial charge is 0.489 e. The maximum atomic E-state index is 11.8. The number of carbonyl (C=O) groups is 2. The van der Waals surface area contributed by atoms with Crippen molar-refractivity contribution in [3.05, 3.63) is 15.3 Å². The van der Waals surface area contributed by atoms with Gasteiger partial charge in [-0.3, -0.25) is 0 Å². The van der Waals surface area contributed by atoms with Crippen molar-refractivity contribution in [2.24, 2.45) is 0 Å². The molecule has 1 aromatic heterocycles. The Morgan fingerprint density at radius 1 is 1.26 bits per heavy atom. The summed E-state index contributed by atoms with van der Waals surface area (Å²) >= 11 is 1.34. The van der Waals surface area contributed by atoms with Crippen LogP contribution < -0.4 is 10.1 Å². The lowest BCUT2D eigenvalue weighted by molar-refractivity contribution is 0.0490. The molecule has 1 atom stereocenters. The smallest absolute Gasteiger partial charge is 0.407 e. The Hall–Kier alpha value is -1.76. The molecule has 7 heteroatoms. The van der Waals surface area contributed by atoms with Crippen molar-refractivity contribution in [2.75, 3.05) is 13.7 Å². The van der Waals surface area contributed by atoms with Gasteiger partial charge in [0.2, 0.25) is 0 Å². The summed E-state index contributed by atoms with van der Waals surface area (Å²) in [7, 11) is 1.34. The Bertz CT molecular complexity index is 574. The Morgan fingerprint density at radius 2 is 1.87 bits per heavy atom. The summed E-state index contributed by atoms with van der Waals surface area (Å²) in [4.78, 5) is 24.9. The number of ether oxygens (including phenoxy) is 3. The molecule has 0 saturated carbocycles. The molecule has 1 rings (SSSR count). The van der Waals surface area contributed by atoms with Gasteiger partial charge in [0.05, 0.1) is 13.2 Å². The number of amides is 1. The average molecular weight is 343 g/mol. The zero-order chi connectivity index (χ0) is 17.8. The minimum absolute atomic E-state index is 0.222. The van der Waals surface area contributed by atoms with Gasteiger partial charge in [0.1, 0.15) is 18.0 Å². The Kier molecular flexibility index (Phi) is 6.44. The Balaban J connectivity index is 2.68. The molecule has 23 heavy (non-hydrogen) atoms. The summed E-state index contributed by atoms with van der Waals surface area (Å²) in [5, 5.41) is 2.70. The van der Waals surface area contributed by atoms with Crippen molar-refractivity contribution < 1.29 is 23.8 Å². The molecule has 0 spiro atoms. The SMILES string of the molecule is COC(=O)c1sc(C)c(C)c1OCC(C)NC(=O)OC(C)(C)C. The first-order valence-corrected chi connectivity index (χ1v) is 8.17. The first-order valence-electron chi connectivity index (χ1n) is 7.35. The molecule has 1 heterocycles. The van der Waals surface area contributed by atoms with Crippen LogP contribution >= 0.6 is 11.3 Å². The van der Waals surface area contributed by atoms with Crippen LogP contribution in [0.1, 0.15) is 47.8 Å². The number of hydrogen-bond acceptors (Lipinski definition) is 6. The van der Waals surface area contributed by atoms with Gasteiger partial charge in [0.15, 0.2) is 4.88 Å². The Morgan fingerprint density at radius 3 is 2.39 bits per heavy atom. The highest BCUT2D eigenvalue weighted by atomic mass is 32.1. The van der Waals surface area contributed by atoms with Crippen LogP contribution in [0.5, 0.6) is 5.75 Å². The topological polar surface area (TPSA) is 73.9 Å². The summed E-state index contributed by atoms with van der Waals surface area (Å²) in [6, 6.07) is -0.269. The van der Waals surface area contributed by atoms with Crippen LogP contribution in [-0.2, 0) is 9.47 Å². The van der Waals surface area contributed by atoms with Gasteiger partial charge in [-0.25, -0.2) is 9.59 Å². The molecule has 0 radical (unpaired) electrons. The number of alkyl carbamates (subject to hydrolysis) is 1. The van der Waals surface area contributed by atoms with Gasteiger partial charge < -0.3 is 19.5 Å². The van der Waals surface area contributed by atoms with Crippen molar-refractivity contribution >= 4 is 23.4 Å². The molecule has 0 bridgehead atoms. The van der Waals surface area contributed by atoms with Gasteiger partial charge in [-0.05, 0) is 41.5 Å². The van der Waals surface area contributed by atoms with E-state index >= 15 is 0 Å². The zero-order valence-electron chi connectivity index (χ0n) is 14.7. The fourth-order valence-electron chi connectivity index (χ4n) is 1.77. The number of nitrogens with one attached hydrogen (secondary N) is 1. The third-order valence-corrected chi connectivity index (χ3v) is 4.11. The Labute approximate surface area is 141 Å². The van der Waals surface area contributed by atoms with E-state index in [-0.39, 0.29) is 12.6 Å². The minimum Gasteiger partial charge on any atom is -0.489 e. The lowest BCUT2D eigenvalue weighted by atomic mass is 10.2. The number of hydrogen-bond donors (Lipinski definition) is 1. The molecule has 6 nitrogen and oxygen atoms in total. The summed E-state index contributed by atoms with van der Waals surface area (Å²) in [5.74, 6) is 0.0890. The predicted molar refractivity (Wildman–Crippen MR) is 89.5 cm³/mol. The minimum atomic E-state index is -0.552. The first kappa shape index (κ1) is 19.3. The van der Waals surface area contributed by atoms with Gasteiger partial charge in [0, 0.05) is 10.4 Å². The molecule has 130 valence electrons. The van der Waals surface area contributed by atoms with E-state index in [9.17, 15) is 9.59 Å². The van der Waals surface area contributed by atoms with Crippen LogP contribution in [0.15, 0.2) is 0 Å². The summed E-state index contributed by atoms with van der Waals surface area (Å²) in [6.07, 6.45) is -0.500. The number of aryl methyl sites for hydroxylation is 1. The zero-order valence-corrected chi connectivity index (χ0v) is 15.6. The second kappa shape index (κ2) is 7.68. The number of rotatable bonds is 5. The summed E-state index contributed by atoms with van der Waals surface area (Å²) in [6.45, 7) is 11.2. The first-order chi connectivity index (χ1) is 10.5. The van der Waals surface area contributed by atoms with E-state index in [1.54, 1.807) is 27.7 Å². The second-order valence-electron chi connectivity index (χ2n) is 6.29. The third kappa shape index (κ3) is 5.74. The van der Waals surface area contributed by atoms with E-state index in [1.165, 1.54) is 18.4 Å². The van der Waals surface area contributed by atoms with Gasteiger partial charge in [-0.1, -0.05) is 0 Å². The van der Waals surface area contributed by atoms with Gasteiger partial charge in [-0.2, -0.15) is 0 Å². The predicted octanol–water partition coefficient (Wildman–Crippen LogP) is 3.44. The van der Waals surface area contributed by atoms with Crippen molar-refractivity contribution in [2.45, 2.75) is 53.2 Å². The van der Waals surface area contributed by atoms with Crippen molar-refractivity contribution in [1.82, 2.24) is 5.32 Å². The molecule has 0 saturated heterocycles. The maximum absolute atomic E-state index is 11.8. The average Bonchev–Trinajstić information content (AvgIpc) is 2.69. The molecule has 0 aliphatic carbocycles. The summed E-state index contributed by atoms with van der Waals surface area (Å²) < 4.78 is 15.7. The standard InChI is InChI=1S/C16H25NO5S/c1-9(17-15(19)22-16(4,5)6)8-21-12-10(2)11(3)23-13(12)14(18)20-7/h9H,8H2,1-7H3,(H,17,19). The third-order valence-electron chi connectivity index (χ3n) is 2.94. The quantitative estimate of drug-likeness (QED) is 0.829. The van der Waals surface area contributed by atoms with Crippen LogP contribution in [0.3, 0.4) is 0 Å². The van der Waals surface area contributed by atoms with E-state index in [0.717, 1.165) is 10.4 Å². The highest BCUT2D eigenvalue weighted by Gasteiger charge is 2.22. The molecule has 0 aliphatic rings. The highest BCUT2D eigenvalue weighted by Crippen LogP contribution is 2.35. The molecular weight excluding hydrogens is 318 g/mol. The molecule has 0 fully saturated rings. The van der Waals surface area contributed by atoms with Gasteiger partial charge in [-0.15, -0.1) is 11.3 Å². The molecule has 1 aromatic rings. The maximum Gasteiger partial charge on any atom is 0.407 e.